The van der Waals surface area contributed by atoms with Gasteiger partial charge in [-0.1, -0.05) is 12.1 Å². The van der Waals surface area contributed by atoms with Crippen LogP contribution in [0.1, 0.15) is 24.8 Å². The number of carbonyl (C=O) groups excluding carboxylic acids is 1. The van der Waals surface area contributed by atoms with Crippen LogP contribution >= 0.6 is 0 Å². The number of nitrogens with one attached hydrogen (secondary N) is 1. The number of nitrogens with zero attached hydrogens (tertiary/aromatic N) is 2. The summed E-state index contributed by atoms with van der Waals surface area (Å²) in [6.07, 6.45) is 0.948. The van der Waals surface area contributed by atoms with Gasteiger partial charge in [-0.3, -0.25) is 14.9 Å². The van der Waals surface area contributed by atoms with Crippen molar-refractivity contribution in [3.05, 3.63) is 39.9 Å². The minimum Gasteiger partial charge on any atom is -0.341 e. The second kappa shape index (κ2) is 6.00. The summed E-state index contributed by atoms with van der Waals surface area (Å²) in [6.45, 7) is 3.53. The Morgan fingerprint density at radius 1 is 1.55 bits per heavy atom. The van der Waals surface area contributed by atoms with Crippen molar-refractivity contribution in [1.29, 1.82) is 0 Å². The molecule has 1 aliphatic heterocycles. The van der Waals surface area contributed by atoms with Crippen molar-refractivity contribution in [2.24, 2.45) is 0 Å². The topological polar surface area (TPSA) is 75.5 Å². The van der Waals surface area contributed by atoms with Crippen molar-refractivity contribution >= 4 is 11.6 Å². The number of likely N-dealkylation sites (N-methyl/N-ethyl adjacent to an activating group) is 1. The van der Waals surface area contributed by atoms with E-state index >= 15 is 0 Å². The maximum atomic E-state index is 12.4. The number of amides is 1. The molecule has 2 unspecified atom stereocenters. The summed E-state index contributed by atoms with van der Waals surface area (Å²) in [7, 11) is 1.80. The molecule has 6 heteroatoms. The van der Waals surface area contributed by atoms with E-state index < -0.39 is 4.92 Å². The highest BCUT2D eigenvalue weighted by Crippen LogP contribution is 2.23. The van der Waals surface area contributed by atoms with Crippen molar-refractivity contribution < 1.29 is 9.72 Å². The lowest BCUT2D eigenvalue weighted by Gasteiger charge is -2.27. The third kappa shape index (κ3) is 2.96. The van der Waals surface area contributed by atoms with Crippen LogP contribution in [0.15, 0.2) is 24.3 Å². The Kier molecular flexibility index (Phi) is 4.34. The van der Waals surface area contributed by atoms with E-state index in [4.69, 9.17) is 0 Å². The summed E-state index contributed by atoms with van der Waals surface area (Å²) in [4.78, 5) is 24.5. The first-order valence-corrected chi connectivity index (χ1v) is 6.72. The molecule has 0 spiro atoms. The fourth-order valence-electron chi connectivity index (χ4n) is 2.51. The van der Waals surface area contributed by atoms with Crippen molar-refractivity contribution in [2.45, 2.75) is 25.3 Å². The smallest absolute Gasteiger partial charge is 0.269 e. The Morgan fingerprint density at radius 2 is 2.30 bits per heavy atom. The number of nitro benzene ring substituents is 1. The molecule has 1 heterocycles. The van der Waals surface area contributed by atoms with E-state index in [9.17, 15) is 14.9 Å². The van der Waals surface area contributed by atoms with Crippen LogP contribution in [-0.4, -0.2) is 41.9 Å². The molecule has 1 aromatic rings. The Morgan fingerprint density at radius 3 is 2.90 bits per heavy atom. The van der Waals surface area contributed by atoms with Crippen LogP contribution in [0.3, 0.4) is 0 Å². The first kappa shape index (κ1) is 14.5. The standard InChI is InChI=1S/C14H19N3O3/c1-10(11-4-3-5-12(8-11)17(19)20)14(18)16(2)13-6-7-15-9-13/h3-5,8,10,13,15H,6-7,9H2,1-2H3. The summed E-state index contributed by atoms with van der Waals surface area (Å²) in [6, 6.07) is 6.50. The van der Waals surface area contributed by atoms with Crippen molar-refractivity contribution in [3.63, 3.8) is 0 Å². The normalized spacial score (nSPS) is 19.6. The molecule has 2 atom stereocenters. The lowest BCUT2D eigenvalue weighted by molar-refractivity contribution is -0.384. The number of non-ortho nitro benzene ring substituents is 1. The van der Waals surface area contributed by atoms with E-state index in [1.54, 1.807) is 31.0 Å². The third-order valence-corrected chi connectivity index (χ3v) is 3.88. The number of benzene rings is 1. The predicted molar refractivity (Wildman–Crippen MR) is 75.6 cm³/mol. The highest BCUT2D eigenvalue weighted by atomic mass is 16.6. The van der Waals surface area contributed by atoms with Gasteiger partial charge in [0, 0.05) is 31.8 Å². The van der Waals surface area contributed by atoms with Gasteiger partial charge < -0.3 is 10.2 Å². The Balaban J connectivity index is 2.13. The molecule has 0 radical (unpaired) electrons. The van der Waals surface area contributed by atoms with Crippen LogP contribution in [0.5, 0.6) is 0 Å². The van der Waals surface area contributed by atoms with Gasteiger partial charge in [-0.2, -0.15) is 0 Å². The fourth-order valence-corrected chi connectivity index (χ4v) is 2.51. The predicted octanol–water partition coefficient (Wildman–Crippen LogP) is 1.52. The number of rotatable bonds is 4. The lowest BCUT2D eigenvalue weighted by Crippen LogP contribution is -2.40. The zero-order chi connectivity index (χ0) is 14.7. The first-order valence-electron chi connectivity index (χ1n) is 6.72. The summed E-state index contributed by atoms with van der Waals surface area (Å²) in [5.74, 6) is -0.375. The molecule has 1 fully saturated rings. The largest absolute Gasteiger partial charge is 0.341 e. The van der Waals surface area contributed by atoms with E-state index in [1.807, 2.05) is 0 Å². The van der Waals surface area contributed by atoms with Crippen LogP contribution < -0.4 is 5.32 Å². The average Bonchev–Trinajstić information content (AvgIpc) is 2.99. The number of hydrogen-bond acceptors (Lipinski definition) is 4. The molecule has 20 heavy (non-hydrogen) atoms. The molecule has 2 rings (SSSR count). The molecule has 0 aromatic heterocycles. The fraction of sp³-hybridized carbons (Fsp3) is 0.500. The van der Waals surface area contributed by atoms with Gasteiger partial charge in [0.2, 0.25) is 5.91 Å². The zero-order valence-electron chi connectivity index (χ0n) is 11.7. The van der Waals surface area contributed by atoms with Crippen molar-refractivity contribution in [2.75, 3.05) is 20.1 Å². The van der Waals surface area contributed by atoms with Gasteiger partial charge in [0.05, 0.1) is 10.8 Å². The molecule has 6 nitrogen and oxygen atoms in total. The molecule has 108 valence electrons. The van der Waals surface area contributed by atoms with Gasteiger partial charge in [-0.05, 0) is 25.5 Å². The van der Waals surface area contributed by atoms with Gasteiger partial charge in [-0.25, -0.2) is 0 Å². The molecular formula is C14H19N3O3. The Bertz CT molecular complexity index is 512. The molecule has 1 amide bonds. The van der Waals surface area contributed by atoms with Crippen LogP contribution in [0.2, 0.25) is 0 Å². The quantitative estimate of drug-likeness (QED) is 0.668. The maximum Gasteiger partial charge on any atom is 0.269 e. The second-order valence-electron chi connectivity index (χ2n) is 5.17. The average molecular weight is 277 g/mol. The van der Waals surface area contributed by atoms with Gasteiger partial charge in [0.15, 0.2) is 0 Å². The Labute approximate surface area is 117 Å². The third-order valence-electron chi connectivity index (χ3n) is 3.88. The number of nitro groups is 1. The highest BCUT2D eigenvalue weighted by molar-refractivity contribution is 5.83. The number of carbonyl (C=O) groups is 1. The maximum absolute atomic E-state index is 12.4. The molecule has 0 aliphatic carbocycles. The van der Waals surface area contributed by atoms with E-state index in [0.717, 1.165) is 19.5 Å². The van der Waals surface area contributed by atoms with Gasteiger partial charge in [0.1, 0.15) is 0 Å². The summed E-state index contributed by atoms with van der Waals surface area (Å²) >= 11 is 0. The first-order chi connectivity index (χ1) is 9.50. The highest BCUT2D eigenvalue weighted by Gasteiger charge is 2.27. The SMILES string of the molecule is CC(C(=O)N(C)C1CCNC1)c1cccc([N+](=O)[O-])c1. The van der Waals surface area contributed by atoms with E-state index in [1.165, 1.54) is 12.1 Å². The van der Waals surface area contributed by atoms with Crippen LogP contribution in [0.4, 0.5) is 5.69 Å². The zero-order valence-corrected chi connectivity index (χ0v) is 11.7. The van der Waals surface area contributed by atoms with Gasteiger partial charge in [-0.15, -0.1) is 0 Å². The van der Waals surface area contributed by atoms with Gasteiger partial charge >= 0.3 is 0 Å². The van der Waals surface area contributed by atoms with Gasteiger partial charge in [0.25, 0.3) is 5.69 Å². The summed E-state index contributed by atoms with van der Waals surface area (Å²) < 4.78 is 0. The van der Waals surface area contributed by atoms with E-state index in [-0.39, 0.29) is 23.6 Å². The van der Waals surface area contributed by atoms with E-state index in [0.29, 0.717) is 5.56 Å². The van der Waals surface area contributed by atoms with Crippen molar-refractivity contribution in [3.8, 4) is 0 Å². The lowest BCUT2D eigenvalue weighted by atomic mass is 9.98. The minimum absolute atomic E-state index is 0.000743. The van der Waals surface area contributed by atoms with Crippen LogP contribution in [0, 0.1) is 10.1 Å². The molecule has 1 aromatic carbocycles. The summed E-state index contributed by atoms with van der Waals surface area (Å²) in [5.41, 5.74) is 0.703. The second-order valence-corrected chi connectivity index (χ2v) is 5.17. The molecule has 1 saturated heterocycles. The van der Waals surface area contributed by atoms with Crippen LogP contribution in [-0.2, 0) is 4.79 Å². The molecule has 1 N–H and O–H groups in total. The summed E-state index contributed by atoms with van der Waals surface area (Å²) in [5, 5.41) is 14.0. The number of hydrogen-bond donors (Lipinski definition) is 1. The molecule has 0 saturated carbocycles. The van der Waals surface area contributed by atoms with E-state index in [2.05, 4.69) is 5.32 Å². The molecule has 0 bridgehead atoms. The monoisotopic (exact) mass is 277 g/mol. The Hall–Kier alpha value is -1.95. The van der Waals surface area contributed by atoms with Crippen LogP contribution in [0.25, 0.3) is 0 Å². The molecular weight excluding hydrogens is 258 g/mol. The minimum atomic E-state index is -0.439. The van der Waals surface area contributed by atoms with Crippen molar-refractivity contribution in [1.82, 2.24) is 10.2 Å². The molecule has 1 aliphatic rings.